The van der Waals surface area contributed by atoms with Gasteiger partial charge in [0.25, 0.3) is 5.91 Å². The molecule has 4 rings (SSSR count). The Bertz CT molecular complexity index is 1040. The normalized spacial score (nSPS) is 14.7. The molecule has 2 aromatic carbocycles. The van der Waals surface area contributed by atoms with Crippen molar-refractivity contribution in [2.45, 2.75) is 36.7 Å². The highest BCUT2D eigenvalue weighted by molar-refractivity contribution is 7.98. The van der Waals surface area contributed by atoms with E-state index in [1.807, 2.05) is 60.4 Å². The largest absolute Gasteiger partial charge is 0.346 e. The van der Waals surface area contributed by atoms with Crippen LogP contribution in [0, 0.1) is 0 Å². The van der Waals surface area contributed by atoms with Gasteiger partial charge in [-0.15, -0.1) is 0 Å². The Hall–Kier alpha value is -3.13. The summed E-state index contributed by atoms with van der Waals surface area (Å²) in [6.07, 6.45) is 2.95. The Labute approximate surface area is 179 Å². The molecule has 7 nitrogen and oxygen atoms in total. The number of anilines is 1. The van der Waals surface area contributed by atoms with Crippen LogP contribution in [0.2, 0.25) is 0 Å². The molecule has 2 amide bonds. The van der Waals surface area contributed by atoms with Gasteiger partial charge < -0.3 is 10.2 Å². The maximum absolute atomic E-state index is 13.0. The smallest absolute Gasteiger partial charge is 0.252 e. The summed E-state index contributed by atoms with van der Waals surface area (Å²) in [5, 5.41) is 10.5. The zero-order chi connectivity index (χ0) is 20.9. The van der Waals surface area contributed by atoms with Gasteiger partial charge in [-0.3, -0.25) is 14.7 Å². The number of aromatic nitrogens is 3. The van der Waals surface area contributed by atoms with Crippen molar-refractivity contribution in [2.24, 2.45) is 0 Å². The van der Waals surface area contributed by atoms with E-state index >= 15 is 0 Å². The number of carbonyl (C=O) groups is 2. The zero-order valence-corrected chi connectivity index (χ0v) is 17.5. The lowest BCUT2D eigenvalue weighted by atomic mass is 10.0. The number of nitrogens with one attached hydrogen (secondary N) is 2. The van der Waals surface area contributed by atoms with E-state index < -0.39 is 0 Å². The van der Waals surface area contributed by atoms with Gasteiger partial charge in [-0.25, -0.2) is 4.98 Å². The van der Waals surface area contributed by atoms with Crippen molar-refractivity contribution in [1.29, 1.82) is 0 Å². The number of amides is 2. The Balaban J connectivity index is 1.46. The summed E-state index contributed by atoms with van der Waals surface area (Å²) < 4.78 is 0. The van der Waals surface area contributed by atoms with Gasteiger partial charge in [0.05, 0.1) is 6.04 Å². The minimum absolute atomic E-state index is 0.126. The summed E-state index contributed by atoms with van der Waals surface area (Å²) in [5.41, 5.74) is 3.43. The topological polar surface area (TPSA) is 91.0 Å². The third-order valence-electron chi connectivity index (χ3n) is 5.12. The molecule has 154 valence electrons. The van der Waals surface area contributed by atoms with E-state index in [4.69, 9.17) is 0 Å². The number of thioether (sulfide) groups is 1. The summed E-state index contributed by atoms with van der Waals surface area (Å²) >= 11 is 1.50. The van der Waals surface area contributed by atoms with Crippen LogP contribution < -0.4 is 10.2 Å². The fourth-order valence-electron chi connectivity index (χ4n) is 3.52. The lowest BCUT2D eigenvalue weighted by molar-refractivity contribution is -0.117. The van der Waals surface area contributed by atoms with Crippen LogP contribution >= 0.6 is 11.8 Å². The Morgan fingerprint density at radius 1 is 1.27 bits per heavy atom. The number of aromatic amines is 1. The first-order valence-corrected chi connectivity index (χ1v) is 10.9. The number of benzene rings is 2. The van der Waals surface area contributed by atoms with Crippen molar-refractivity contribution >= 4 is 29.3 Å². The van der Waals surface area contributed by atoms with Gasteiger partial charge in [-0.2, -0.15) is 5.10 Å². The summed E-state index contributed by atoms with van der Waals surface area (Å²) in [4.78, 5) is 31.0. The van der Waals surface area contributed by atoms with E-state index in [1.54, 1.807) is 0 Å². The van der Waals surface area contributed by atoms with Crippen molar-refractivity contribution in [3.63, 3.8) is 0 Å². The van der Waals surface area contributed by atoms with Crippen molar-refractivity contribution < 1.29 is 9.59 Å². The second-order valence-corrected chi connectivity index (χ2v) is 8.14. The molecule has 0 spiro atoms. The molecule has 0 radical (unpaired) electrons. The molecule has 1 unspecified atom stereocenters. The molecule has 1 atom stereocenters. The zero-order valence-electron chi connectivity index (χ0n) is 16.7. The molecule has 1 saturated heterocycles. The monoisotopic (exact) mass is 421 g/mol. The van der Waals surface area contributed by atoms with E-state index in [0.717, 1.165) is 29.8 Å². The number of hydrogen-bond acceptors (Lipinski definition) is 5. The number of hydrogen-bond donors (Lipinski definition) is 2. The predicted octanol–water partition coefficient (Wildman–Crippen LogP) is 3.71. The summed E-state index contributed by atoms with van der Waals surface area (Å²) in [6.45, 7) is 2.70. The van der Waals surface area contributed by atoms with Crippen molar-refractivity contribution in [2.75, 3.05) is 11.4 Å². The highest BCUT2D eigenvalue weighted by Gasteiger charge is 2.22. The fraction of sp³-hybridized carbons (Fsp3) is 0.273. The summed E-state index contributed by atoms with van der Waals surface area (Å²) in [7, 11) is 0. The van der Waals surface area contributed by atoms with Crippen molar-refractivity contribution in [1.82, 2.24) is 20.5 Å². The van der Waals surface area contributed by atoms with E-state index in [9.17, 15) is 9.59 Å². The molecule has 2 heterocycles. The lowest BCUT2D eigenvalue weighted by Gasteiger charge is -2.20. The van der Waals surface area contributed by atoms with Crippen LogP contribution in [0.1, 0.15) is 47.3 Å². The quantitative estimate of drug-likeness (QED) is 0.568. The summed E-state index contributed by atoms with van der Waals surface area (Å²) in [6, 6.07) is 15.2. The van der Waals surface area contributed by atoms with Crippen LogP contribution in [0.15, 0.2) is 60.0 Å². The average molecular weight is 422 g/mol. The number of carbonyl (C=O) groups excluding carboxylic acids is 2. The molecule has 1 aromatic heterocycles. The van der Waals surface area contributed by atoms with E-state index in [2.05, 4.69) is 20.5 Å². The molecule has 1 fully saturated rings. The first kappa shape index (κ1) is 20.2. The van der Waals surface area contributed by atoms with Crippen molar-refractivity contribution in [3.8, 4) is 0 Å². The molecule has 8 heteroatoms. The number of H-pyrrole nitrogens is 1. The van der Waals surface area contributed by atoms with Gasteiger partial charge in [0.1, 0.15) is 6.33 Å². The molecule has 0 bridgehead atoms. The highest BCUT2D eigenvalue weighted by Crippen LogP contribution is 2.26. The van der Waals surface area contributed by atoms with Crippen LogP contribution in [0.5, 0.6) is 0 Å². The highest BCUT2D eigenvalue weighted by atomic mass is 32.2. The van der Waals surface area contributed by atoms with Gasteiger partial charge in [-0.05, 0) is 42.7 Å². The van der Waals surface area contributed by atoms with Crippen LogP contribution in [0.4, 0.5) is 5.69 Å². The van der Waals surface area contributed by atoms with Crippen LogP contribution in [-0.2, 0) is 10.5 Å². The second-order valence-electron chi connectivity index (χ2n) is 7.18. The molecular weight excluding hydrogens is 398 g/mol. The second kappa shape index (κ2) is 9.13. The molecule has 1 aliphatic heterocycles. The molecule has 2 N–H and O–H groups in total. The number of rotatable bonds is 7. The van der Waals surface area contributed by atoms with E-state index in [0.29, 0.717) is 22.9 Å². The van der Waals surface area contributed by atoms with E-state index in [1.165, 1.54) is 18.1 Å². The van der Waals surface area contributed by atoms with Crippen LogP contribution in [0.3, 0.4) is 0 Å². The first-order valence-electron chi connectivity index (χ1n) is 9.89. The number of nitrogens with zero attached hydrogens (tertiary/aromatic N) is 3. The maximum atomic E-state index is 13.0. The van der Waals surface area contributed by atoms with Crippen LogP contribution in [-0.4, -0.2) is 33.5 Å². The van der Waals surface area contributed by atoms with E-state index in [-0.39, 0.29) is 17.9 Å². The average Bonchev–Trinajstić information content (AvgIpc) is 3.44. The SMILES string of the molecule is CC(NC(=O)c1ccccc1CSc1ncn[nH]1)c1cccc(N2CCCC2=O)c1. The predicted molar refractivity (Wildman–Crippen MR) is 116 cm³/mol. The minimum Gasteiger partial charge on any atom is -0.346 e. The molecule has 1 aliphatic rings. The molecule has 3 aromatic rings. The van der Waals surface area contributed by atoms with Gasteiger partial charge in [0, 0.05) is 30.0 Å². The van der Waals surface area contributed by atoms with Gasteiger partial charge in [0.15, 0.2) is 5.16 Å². The third-order valence-corrected chi connectivity index (χ3v) is 6.05. The Morgan fingerprint density at radius 3 is 2.90 bits per heavy atom. The molecule has 0 saturated carbocycles. The van der Waals surface area contributed by atoms with Crippen molar-refractivity contribution in [3.05, 3.63) is 71.5 Å². The standard InChI is InChI=1S/C22H23N5O2S/c1-15(16-7-4-8-18(12-16)27-11-5-10-20(27)28)25-21(29)19-9-3-2-6-17(19)13-30-22-23-14-24-26-22/h2-4,6-9,12,14-15H,5,10-11,13H2,1H3,(H,25,29)(H,23,24,26). The Kier molecular flexibility index (Phi) is 6.13. The third kappa shape index (κ3) is 4.54. The molecule has 0 aliphatic carbocycles. The lowest BCUT2D eigenvalue weighted by Crippen LogP contribution is -2.28. The summed E-state index contributed by atoms with van der Waals surface area (Å²) in [5.74, 6) is 0.639. The molecular formula is C22H23N5O2S. The van der Waals surface area contributed by atoms with Gasteiger partial charge >= 0.3 is 0 Å². The fourth-order valence-corrected chi connectivity index (χ4v) is 4.30. The minimum atomic E-state index is -0.190. The molecule has 30 heavy (non-hydrogen) atoms. The maximum Gasteiger partial charge on any atom is 0.252 e. The van der Waals surface area contributed by atoms with Gasteiger partial charge in [0.2, 0.25) is 5.91 Å². The van der Waals surface area contributed by atoms with Crippen LogP contribution in [0.25, 0.3) is 0 Å². The van der Waals surface area contributed by atoms with Gasteiger partial charge in [-0.1, -0.05) is 42.1 Å². The first-order chi connectivity index (χ1) is 14.6. The Morgan fingerprint density at radius 2 is 2.13 bits per heavy atom.